The minimum absolute atomic E-state index is 0.603. The Labute approximate surface area is 116 Å². The van der Waals surface area contributed by atoms with Crippen molar-refractivity contribution in [3.05, 3.63) is 47.7 Å². The summed E-state index contributed by atoms with van der Waals surface area (Å²) in [5.74, 6) is 12.8. The third-order valence-corrected chi connectivity index (χ3v) is 2.36. The summed E-state index contributed by atoms with van der Waals surface area (Å²) < 4.78 is 5.46. The van der Waals surface area contributed by atoms with Gasteiger partial charge in [0.25, 0.3) is 0 Å². The first-order chi connectivity index (χ1) is 9.36. The molecule has 0 amide bonds. The normalized spacial score (nSPS) is 9.89. The molecule has 0 atom stereocenters. The Morgan fingerprint density at radius 1 is 1.21 bits per heavy atom. The van der Waals surface area contributed by atoms with Gasteiger partial charge in [0, 0.05) is 18.1 Å². The van der Waals surface area contributed by atoms with Gasteiger partial charge in [-0.1, -0.05) is 49.3 Å². The topological polar surface area (TPSA) is 9.23 Å². The highest BCUT2D eigenvalue weighted by Gasteiger charge is 1.89. The van der Waals surface area contributed by atoms with Gasteiger partial charge in [0.2, 0.25) is 0 Å². The molecule has 0 heterocycles. The SMILES string of the molecule is CCCCC#C/C=C(/C#Cc1ccccc1)OCC. The molecule has 0 fully saturated rings. The van der Waals surface area contributed by atoms with Crippen molar-refractivity contribution in [3.63, 3.8) is 0 Å². The van der Waals surface area contributed by atoms with Crippen LogP contribution < -0.4 is 0 Å². The van der Waals surface area contributed by atoms with Gasteiger partial charge in [-0.05, 0) is 31.4 Å². The van der Waals surface area contributed by atoms with E-state index in [2.05, 4.69) is 30.6 Å². The fourth-order valence-corrected chi connectivity index (χ4v) is 1.38. The van der Waals surface area contributed by atoms with Crippen LogP contribution in [0.1, 0.15) is 38.7 Å². The van der Waals surface area contributed by atoms with Crippen LogP contribution in [0.5, 0.6) is 0 Å². The van der Waals surface area contributed by atoms with Gasteiger partial charge < -0.3 is 4.74 Å². The molecule has 98 valence electrons. The maximum atomic E-state index is 5.46. The summed E-state index contributed by atoms with van der Waals surface area (Å²) in [6, 6.07) is 9.87. The van der Waals surface area contributed by atoms with Crippen molar-refractivity contribution in [1.29, 1.82) is 0 Å². The summed E-state index contributed by atoms with van der Waals surface area (Å²) >= 11 is 0. The molecule has 19 heavy (non-hydrogen) atoms. The van der Waals surface area contributed by atoms with E-state index in [-0.39, 0.29) is 0 Å². The minimum atomic E-state index is 0.603. The molecule has 1 aromatic rings. The second-order valence-corrected chi connectivity index (χ2v) is 3.98. The van der Waals surface area contributed by atoms with E-state index >= 15 is 0 Å². The van der Waals surface area contributed by atoms with E-state index in [1.807, 2.05) is 37.3 Å². The van der Waals surface area contributed by atoms with Gasteiger partial charge in [0.05, 0.1) is 6.61 Å². The molecule has 0 aromatic heterocycles. The van der Waals surface area contributed by atoms with Crippen LogP contribution in [0.15, 0.2) is 42.2 Å². The Hall–Kier alpha value is -2.12. The lowest BCUT2D eigenvalue weighted by molar-refractivity contribution is 0.246. The first-order valence-electron chi connectivity index (χ1n) is 6.75. The van der Waals surface area contributed by atoms with Gasteiger partial charge in [-0.3, -0.25) is 0 Å². The third kappa shape index (κ3) is 7.02. The lowest BCUT2D eigenvalue weighted by Crippen LogP contribution is -1.88. The Balaban J connectivity index is 2.69. The smallest absolute Gasteiger partial charge is 0.178 e. The molecule has 0 bridgehead atoms. The Kier molecular flexibility index (Phi) is 7.76. The summed E-state index contributed by atoms with van der Waals surface area (Å²) in [5, 5.41) is 0. The van der Waals surface area contributed by atoms with Crippen LogP contribution >= 0.6 is 0 Å². The molecule has 0 aliphatic rings. The number of rotatable bonds is 4. The molecule has 1 nitrogen and oxygen atoms in total. The maximum absolute atomic E-state index is 5.46. The fourth-order valence-electron chi connectivity index (χ4n) is 1.38. The van der Waals surface area contributed by atoms with Crippen molar-refractivity contribution < 1.29 is 4.74 Å². The van der Waals surface area contributed by atoms with Crippen molar-refractivity contribution >= 4 is 0 Å². The van der Waals surface area contributed by atoms with E-state index in [0.717, 1.165) is 18.4 Å². The van der Waals surface area contributed by atoms with E-state index in [1.165, 1.54) is 6.42 Å². The van der Waals surface area contributed by atoms with Crippen molar-refractivity contribution in [3.8, 4) is 23.7 Å². The monoisotopic (exact) mass is 252 g/mol. The molecule has 1 rings (SSSR count). The average Bonchev–Trinajstić information content (AvgIpc) is 2.45. The highest BCUT2D eigenvalue weighted by atomic mass is 16.5. The van der Waals surface area contributed by atoms with Gasteiger partial charge in [0.15, 0.2) is 5.76 Å². The predicted octanol–water partition coefficient (Wildman–Crippen LogP) is 4.15. The second kappa shape index (κ2) is 9.86. The molecule has 0 spiro atoms. The zero-order valence-electron chi connectivity index (χ0n) is 11.7. The molecule has 0 aliphatic heterocycles. The number of hydrogen-bond donors (Lipinski definition) is 0. The number of ether oxygens (including phenoxy) is 1. The minimum Gasteiger partial charge on any atom is -0.485 e. The highest BCUT2D eigenvalue weighted by molar-refractivity contribution is 5.40. The van der Waals surface area contributed by atoms with Gasteiger partial charge >= 0.3 is 0 Å². The molecule has 0 radical (unpaired) electrons. The van der Waals surface area contributed by atoms with E-state index in [4.69, 9.17) is 4.74 Å². The van der Waals surface area contributed by atoms with Crippen molar-refractivity contribution in [1.82, 2.24) is 0 Å². The van der Waals surface area contributed by atoms with Crippen LogP contribution in [0.2, 0.25) is 0 Å². The molecule has 0 unspecified atom stereocenters. The molecule has 1 heteroatoms. The van der Waals surface area contributed by atoms with Gasteiger partial charge in [0.1, 0.15) is 0 Å². The molecular weight excluding hydrogens is 232 g/mol. The van der Waals surface area contributed by atoms with Crippen LogP contribution in [0, 0.1) is 23.7 Å². The van der Waals surface area contributed by atoms with E-state index < -0.39 is 0 Å². The van der Waals surface area contributed by atoms with Crippen molar-refractivity contribution in [2.75, 3.05) is 6.61 Å². The Morgan fingerprint density at radius 3 is 2.68 bits per heavy atom. The lowest BCUT2D eigenvalue weighted by atomic mass is 10.2. The zero-order valence-corrected chi connectivity index (χ0v) is 11.7. The van der Waals surface area contributed by atoms with Crippen LogP contribution in [0.4, 0.5) is 0 Å². The number of hydrogen-bond acceptors (Lipinski definition) is 1. The molecule has 0 aliphatic carbocycles. The third-order valence-electron chi connectivity index (χ3n) is 2.36. The number of allylic oxidation sites excluding steroid dienone is 2. The van der Waals surface area contributed by atoms with Gasteiger partial charge in [-0.15, -0.1) is 0 Å². The summed E-state index contributed by atoms with van der Waals surface area (Å²) in [4.78, 5) is 0. The Bertz CT molecular complexity index is 503. The highest BCUT2D eigenvalue weighted by Crippen LogP contribution is 1.99. The quantitative estimate of drug-likeness (QED) is 0.444. The first-order valence-corrected chi connectivity index (χ1v) is 6.75. The Morgan fingerprint density at radius 2 is 2.00 bits per heavy atom. The van der Waals surface area contributed by atoms with Crippen molar-refractivity contribution in [2.45, 2.75) is 33.1 Å². The standard InChI is InChI=1S/C18H20O/c1-3-5-6-7-11-14-18(19-4-2)16-15-17-12-9-8-10-13-17/h8-10,12-14H,3-6H2,1-2H3/b18-14-. The molecular formula is C18H20O. The van der Waals surface area contributed by atoms with Gasteiger partial charge in [-0.25, -0.2) is 0 Å². The van der Waals surface area contributed by atoms with E-state index in [0.29, 0.717) is 12.4 Å². The summed E-state index contributed by atoms with van der Waals surface area (Å²) in [6.45, 7) is 4.71. The van der Waals surface area contributed by atoms with E-state index in [1.54, 1.807) is 6.08 Å². The second-order valence-electron chi connectivity index (χ2n) is 3.98. The van der Waals surface area contributed by atoms with E-state index in [9.17, 15) is 0 Å². The van der Waals surface area contributed by atoms with Crippen LogP contribution in [-0.2, 0) is 4.74 Å². The molecule has 0 saturated heterocycles. The zero-order chi connectivity index (χ0) is 13.8. The summed E-state index contributed by atoms with van der Waals surface area (Å²) in [6.07, 6.45) is 5.00. The molecule has 0 N–H and O–H groups in total. The number of benzene rings is 1. The van der Waals surface area contributed by atoms with Crippen LogP contribution in [-0.4, -0.2) is 6.61 Å². The first kappa shape index (κ1) is 14.9. The largest absolute Gasteiger partial charge is 0.485 e. The molecule has 1 aromatic carbocycles. The predicted molar refractivity (Wildman–Crippen MR) is 80.3 cm³/mol. The maximum Gasteiger partial charge on any atom is 0.178 e. The lowest BCUT2D eigenvalue weighted by Gasteiger charge is -1.98. The van der Waals surface area contributed by atoms with Gasteiger partial charge in [-0.2, -0.15) is 0 Å². The fraction of sp³-hybridized carbons (Fsp3) is 0.333. The average molecular weight is 252 g/mol. The van der Waals surface area contributed by atoms with Crippen LogP contribution in [0.3, 0.4) is 0 Å². The number of unbranched alkanes of at least 4 members (excludes halogenated alkanes) is 2. The summed E-state index contributed by atoms with van der Waals surface area (Å²) in [5.41, 5.74) is 0.979. The van der Waals surface area contributed by atoms with Crippen molar-refractivity contribution in [2.24, 2.45) is 0 Å². The summed E-state index contributed by atoms with van der Waals surface area (Å²) in [7, 11) is 0. The molecule has 0 saturated carbocycles. The van der Waals surface area contributed by atoms with Crippen LogP contribution in [0.25, 0.3) is 0 Å².